The fourth-order valence-corrected chi connectivity index (χ4v) is 3.90. The zero-order valence-electron chi connectivity index (χ0n) is 19.4. The van der Waals surface area contributed by atoms with Crippen LogP contribution >= 0.6 is 0 Å². The van der Waals surface area contributed by atoms with Crippen molar-refractivity contribution >= 4 is 29.2 Å². The number of hydrogen-bond acceptors (Lipinski definition) is 6. The Hall–Kier alpha value is -4.20. The summed E-state index contributed by atoms with van der Waals surface area (Å²) in [5.74, 6) is 0.602. The number of amides is 1. The molecule has 2 aromatic carbocycles. The summed E-state index contributed by atoms with van der Waals surface area (Å²) in [5, 5.41) is 15.2. The molecule has 0 atom stereocenters. The van der Waals surface area contributed by atoms with Crippen molar-refractivity contribution < 1.29 is 9.53 Å². The number of carbonyl (C=O) groups excluding carboxylic acids is 1. The minimum atomic E-state index is -0.384. The van der Waals surface area contributed by atoms with Crippen LogP contribution in [0.1, 0.15) is 26.0 Å². The molecule has 0 radical (unpaired) electrons. The molecule has 2 N–H and O–H groups in total. The van der Waals surface area contributed by atoms with Crippen LogP contribution in [0.2, 0.25) is 0 Å². The van der Waals surface area contributed by atoms with E-state index in [0.29, 0.717) is 23.7 Å². The number of methoxy groups -OCH3 is 1. The molecule has 34 heavy (non-hydrogen) atoms. The number of benzene rings is 2. The van der Waals surface area contributed by atoms with Gasteiger partial charge in [0.2, 0.25) is 11.3 Å². The lowest BCUT2D eigenvalue weighted by atomic mass is 9.92. The van der Waals surface area contributed by atoms with E-state index in [1.165, 1.54) is 12.1 Å². The molecule has 8 heteroatoms. The Balaban J connectivity index is 1.72. The largest absolute Gasteiger partial charge is 0.494 e. The quantitative estimate of drug-likeness (QED) is 0.520. The average Bonchev–Trinajstić information content (AvgIpc) is 3.12. The van der Waals surface area contributed by atoms with Crippen LogP contribution < -0.4 is 20.4 Å². The van der Waals surface area contributed by atoms with Gasteiger partial charge in [0.1, 0.15) is 11.4 Å². The van der Waals surface area contributed by atoms with Gasteiger partial charge in [0.15, 0.2) is 5.69 Å². The summed E-state index contributed by atoms with van der Waals surface area (Å²) in [7, 11) is 1.55. The van der Waals surface area contributed by atoms with E-state index in [1.807, 2.05) is 62.4 Å². The van der Waals surface area contributed by atoms with E-state index in [-0.39, 0.29) is 22.4 Å². The van der Waals surface area contributed by atoms with Crippen molar-refractivity contribution in [3.63, 3.8) is 0 Å². The predicted octanol–water partition coefficient (Wildman–Crippen LogP) is 4.11. The lowest BCUT2D eigenvalue weighted by Crippen LogP contribution is -2.30. The molecule has 1 aliphatic heterocycles. The molecule has 174 valence electrons. The van der Waals surface area contributed by atoms with E-state index in [1.54, 1.807) is 22.9 Å². The van der Waals surface area contributed by atoms with E-state index in [2.05, 4.69) is 10.4 Å². The second-order valence-electron chi connectivity index (χ2n) is 8.66. The van der Waals surface area contributed by atoms with E-state index in [9.17, 15) is 9.59 Å². The first-order chi connectivity index (χ1) is 16.3. The molecule has 1 aromatic heterocycles. The van der Waals surface area contributed by atoms with Crippen LogP contribution in [-0.2, 0) is 4.79 Å². The summed E-state index contributed by atoms with van der Waals surface area (Å²) in [6.45, 7) is 4.56. The van der Waals surface area contributed by atoms with Gasteiger partial charge >= 0.3 is 0 Å². The Morgan fingerprint density at radius 3 is 2.56 bits per heavy atom. The molecule has 0 aliphatic carbocycles. The number of allylic oxidation sites excluding steroid dienone is 1. The van der Waals surface area contributed by atoms with Gasteiger partial charge in [-0.2, -0.15) is 5.10 Å². The molecule has 0 unspecified atom stereocenters. The number of rotatable bonds is 7. The Kier molecular flexibility index (Phi) is 6.32. The number of hydrogen-bond donors (Lipinski definition) is 2. The summed E-state index contributed by atoms with van der Waals surface area (Å²) in [6, 6.07) is 16.3. The first-order valence-corrected chi connectivity index (χ1v) is 11.0. The fraction of sp³-hybridized carbons (Fsp3) is 0.231. The van der Waals surface area contributed by atoms with Crippen LogP contribution in [0.5, 0.6) is 5.75 Å². The maximum atomic E-state index is 12.8. The van der Waals surface area contributed by atoms with Crippen LogP contribution in [0, 0.1) is 10.8 Å². The van der Waals surface area contributed by atoms with Crippen molar-refractivity contribution in [2.75, 3.05) is 23.9 Å². The Labute approximate surface area is 198 Å². The molecule has 0 bridgehead atoms. The van der Waals surface area contributed by atoms with Crippen LogP contribution in [0.15, 0.2) is 71.7 Å². The molecule has 3 aromatic rings. The number of nitrogens with zero attached hydrogens (tertiary/aromatic N) is 3. The molecule has 0 spiro atoms. The molecule has 1 saturated heterocycles. The van der Waals surface area contributed by atoms with E-state index < -0.39 is 0 Å². The monoisotopic (exact) mass is 457 g/mol. The van der Waals surface area contributed by atoms with E-state index in [0.717, 1.165) is 24.0 Å². The molecule has 0 saturated carbocycles. The highest BCUT2D eigenvalue weighted by molar-refractivity contribution is 5.99. The van der Waals surface area contributed by atoms with E-state index >= 15 is 0 Å². The smallest absolute Gasteiger partial charge is 0.232 e. The maximum Gasteiger partial charge on any atom is 0.232 e. The van der Waals surface area contributed by atoms with Gasteiger partial charge < -0.3 is 20.4 Å². The van der Waals surface area contributed by atoms with Crippen molar-refractivity contribution in [1.82, 2.24) is 9.78 Å². The van der Waals surface area contributed by atoms with Crippen molar-refractivity contribution in [3.05, 3.63) is 82.8 Å². The average molecular weight is 458 g/mol. The number of carbonyl (C=O) groups is 1. The van der Waals surface area contributed by atoms with Gasteiger partial charge in [0.05, 0.1) is 12.8 Å². The maximum absolute atomic E-state index is 12.8. The topological polar surface area (TPSA) is 100 Å². The zero-order valence-corrected chi connectivity index (χ0v) is 19.4. The minimum absolute atomic E-state index is 0.0829. The Bertz CT molecular complexity index is 1310. The highest BCUT2D eigenvalue weighted by atomic mass is 16.5. The molecular weight excluding hydrogens is 430 g/mol. The third-order valence-corrected chi connectivity index (χ3v) is 5.87. The van der Waals surface area contributed by atoms with Crippen LogP contribution in [0.4, 0.5) is 11.4 Å². The van der Waals surface area contributed by atoms with Gasteiger partial charge in [-0.25, -0.2) is 4.68 Å². The zero-order chi connectivity index (χ0) is 24.3. The standard InChI is InChI=1S/C26H27N5O3/c1-26(2)13-16-30(25(26)33)19-9-10-21(23(17-19)34-3)31-15-12-22(32)24(29-31)20(11-14-27)28-18-7-5-4-6-8-18/h4-12,14-15,17,27-28H,13,16H2,1-3H3/b20-11-,27-14?. The van der Waals surface area contributed by atoms with Crippen molar-refractivity contribution in [1.29, 1.82) is 5.41 Å². The number of anilines is 2. The van der Waals surface area contributed by atoms with Gasteiger partial charge in [-0.05, 0) is 36.8 Å². The number of nitrogens with one attached hydrogen (secondary N) is 2. The van der Waals surface area contributed by atoms with Crippen LogP contribution in [0.25, 0.3) is 11.4 Å². The second-order valence-corrected chi connectivity index (χ2v) is 8.66. The molecule has 4 rings (SSSR count). The molecule has 1 fully saturated rings. The SMILES string of the molecule is COc1cc(N2CCC(C)(C)C2=O)ccc1-n1ccc(=O)c(/C(=C/C=N)Nc2ccccc2)n1. The first-order valence-electron chi connectivity index (χ1n) is 11.0. The second kappa shape index (κ2) is 9.35. The first kappa shape index (κ1) is 23.0. The number of para-hydroxylation sites is 1. The number of ether oxygens (including phenoxy) is 1. The van der Waals surface area contributed by atoms with E-state index in [4.69, 9.17) is 10.1 Å². The molecule has 2 heterocycles. The van der Waals surface area contributed by atoms with Gasteiger partial charge in [0.25, 0.3) is 0 Å². The van der Waals surface area contributed by atoms with Gasteiger partial charge in [-0.3, -0.25) is 9.59 Å². The van der Waals surface area contributed by atoms with Gasteiger partial charge in [-0.15, -0.1) is 0 Å². The number of aromatic nitrogens is 2. The molecule has 1 amide bonds. The molecule has 1 aliphatic rings. The van der Waals surface area contributed by atoms with Gasteiger partial charge in [-0.1, -0.05) is 32.0 Å². The predicted molar refractivity (Wildman–Crippen MR) is 134 cm³/mol. The molecule has 8 nitrogen and oxygen atoms in total. The lowest BCUT2D eigenvalue weighted by molar-refractivity contribution is -0.123. The lowest BCUT2D eigenvalue weighted by Gasteiger charge is -2.21. The highest BCUT2D eigenvalue weighted by Crippen LogP contribution is 2.36. The minimum Gasteiger partial charge on any atom is -0.494 e. The Morgan fingerprint density at radius 1 is 1.15 bits per heavy atom. The van der Waals surface area contributed by atoms with Crippen LogP contribution in [-0.4, -0.2) is 35.6 Å². The molecular formula is C26H27N5O3. The Morgan fingerprint density at radius 2 is 1.91 bits per heavy atom. The summed E-state index contributed by atoms with van der Waals surface area (Å²) < 4.78 is 7.17. The van der Waals surface area contributed by atoms with Gasteiger partial charge in [0, 0.05) is 47.9 Å². The van der Waals surface area contributed by atoms with Crippen molar-refractivity contribution in [3.8, 4) is 11.4 Å². The summed E-state index contributed by atoms with van der Waals surface area (Å²) in [4.78, 5) is 27.2. The summed E-state index contributed by atoms with van der Waals surface area (Å²) in [5.41, 5.74) is 2.05. The summed E-state index contributed by atoms with van der Waals surface area (Å²) >= 11 is 0. The summed E-state index contributed by atoms with van der Waals surface area (Å²) in [6.07, 6.45) is 4.95. The third kappa shape index (κ3) is 4.47. The van der Waals surface area contributed by atoms with Crippen molar-refractivity contribution in [2.45, 2.75) is 20.3 Å². The van der Waals surface area contributed by atoms with Crippen molar-refractivity contribution in [2.24, 2.45) is 5.41 Å². The normalized spacial score (nSPS) is 15.3. The van der Waals surface area contributed by atoms with Crippen LogP contribution in [0.3, 0.4) is 0 Å². The highest BCUT2D eigenvalue weighted by Gasteiger charge is 2.39. The fourth-order valence-electron chi connectivity index (χ4n) is 3.90. The third-order valence-electron chi connectivity index (χ3n) is 5.87.